The van der Waals surface area contributed by atoms with Gasteiger partial charge in [-0.1, -0.05) is 51.1 Å². The SMILES string of the molecule is COc1ccc(C2C=CC(Cn3c(CC(C)(C)C(=O)O)c(SC(C)(C)C)c4cc(OCc5ccccn5)ccc43)=CC2)cn1. The van der Waals surface area contributed by atoms with E-state index >= 15 is 0 Å². The number of hydrogen-bond acceptors (Lipinski definition) is 6. The van der Waals surface area contributed by atoms with Crippen molar-refractivity contribution in [3.05, 3.63) is 102 Å². The number of allylic oxidation sites excluding steroid dienone is 4. The minimum absolute atomic E-state index is 0.0876. The molecular formula is C36H41N3O4S. The van der Waals surface area contributed by atoms with Crippen molar-refractivity contribution in [3.8, 4) is 11.6 Å². The summed E-state index contributed by atoms with van der Waals surface area (Å²) in [7, 11) is 1.62. The quantitative estimate of drug-likeness (QED) is 0.171. The minimum Gasteiger partial charge on any atom is -0.487 e. The number of ether oxygens (including phenoxy) is 2. The molecule has 1 unspecified atom stereocenters. The van der Waals surface area contributed by atoms with E-state index in [0.717, 1.165) is 44.9 Å². The van der Waals surface area contributed by atoms with Crippen molar-refractivity contribution in [2.75, 3.05) is 7.11 Å². The third-order valence-electron chi connectivity index (χ3n) is 7.71. The molecule has 4 aromatic rings. The number of carboxylic acid groups (broad SMARTS) is 1. The lowest BCUT2D eigenvalue weighted by molar-refractivity contribution is -0.146. The summed E-state index contributed by atoms with van der Waals surface area (Å²) in [6, 6.07) is 15.9. The van der Waals surface area contributed by atoms with Crippen molar-refractivity contribution in [2.24, 2.45) is 5.41 Å². The third kappa shape index (κ3) is 7.36. The first-order chi connectivity index (χ1) is 20.9. The Hall–Kier alpha value is -4.04. The zero-order valence-electron chi connectivity index (χ0n) is 26.3. The molecule has 0 amide bonds. The summed E-state index contributed by atoms with van der Waals surface area (Å²) in [6.07, 6.45) is 11.6. The van der Waals surface area contributed by atoms with Gasteiger partial charge in [-0.3, -0.25) is 9.78 Å². The first-order valence-electron chi connectivity index (χ1n) is 14.9. The number of methoxy groups -OCH3 is 1. The van der Waals surface area contributed by atoms with Gasteiger partial charge in [-0.15, -0.1) is 11.8 Å². The van der Waals surface area contributed by atoms with Crippen LogP contribution in [0.15, 0.2) is 89.6 Å². The summed E-state index contributed by atoms with van der Waals surface area (Å²) in [5, 5.41) is 11.2. The second kappa shape index (κ2) is 12.9. The van der Waals surface area contributed by atoms with Gasteiger partial charge in [0.2, 0.25) is 5.88 Å². The molecule has 0 fully saturated rings. The van der Waals surface area contributed by atoms with Crippen LogP contribution in [-0.4, -0.2) is 37.5 Å². The fourth-order valence-corrected chi connectivity index (χ4v) is 6.49. The summed E-state index contributed by atoms with van der Waals surface area (Å²) < 4.78 is 13.6. The fraction of sp³-hybridized carbons (Fsp3) is 0.361. The van der Waals surface area contributed by atoms with Crippen molar-refractivity contribution < 1.29 is 19.4 Å². The second-order valence-corrected chi connectivity index (χ2v) is 14.7. The van der Waals surface area contributed by atoms with Crippen LogP contribution < -0.4 is 9.47 Å². The first kappa shape index (κ1) is 31.4. The van der Waals surface area contributed by atoms with Crippen LogP contribution in [0.5, 0.6) is 11.6 Å². The maximum atomic E-state index is 12.3. The molecule has 3 aromatic heterocycles. The van der Waals surface area contributed by atoms with Crippen LogP contribution in [-0.2, 0) is 24.4 Å². The van der Waals surface area contributed by atoms with Gasteiger partial charge in [0.25, 0.3) is 0 Å². The summed E-state index contributed by atoms with van der Waals surface area (Å²) in [5.74, 6) is 0.797. The summed E-state index contributed by atoms with van der Waals surface area (Å²) in [6.45, 7) is 11.2. The largest absolute Gasteiger partial charge is 0.487 e. The number of benzene rings is 1. The molecule has 0 saturated carbocycles. The highest BCUT2D eigenvalue weighted by Gasteiger charge is 2.33. The Kier molecular flexibility index (Phi) is 9.20. The maximum Gasteiger partial charge on any atom is 0.309 e. The Morgan fingerprint density at radius 2 is 1.91 bits per heavy atom. The average molecular weight is 612 g/mol. The zero-order chi connectivity index (χ0) is 31.5. The van der Waals surface area contributed by atoms with E-state index in [-0.39, 0.29) is 10.7 Å². The van der Waals surface area contributed by atoms with Crippen LogP contribution in [0.2, 0.25) is 0 Å². The van der Waals surface area contributed by atoms with Crippen LogP contribution >= 0.6 is 11.8 Å². The van der Waals surface area contributed by atoms with Crippen LogP contribution in [0.4, 0.5) is 0 Å². The van der Waals surface area contributed by atoms with Crippen LogP contribution in [0.1, 0.15) is 63.9 Å². The van der Waals surface area contributed by atoms with Crippen molar-refractivity contribution in [2.45, 2.75) is 76.2 Å². The highest BCUT2D eigenvalue weighted by atomic mass is 32.2. The van der Waals surface area contributed by atoms with Crippen LogP contribution in [0.3, 0.4) is 0 Å². The van der Waals surface area contributed by atoms with Gasteiger partial charge in [-0.2, -0.15) is 0 Å². The lowest BCUT2D eigenvalue weighted by atomic mass is 9.87. The summed E-state index contributed by atoms with van der Waals surface area (Å²) in [4.78, 5) is 22.2. The lowest BCUT2D eigenvalue weighted by Gasteiger charge is -2.25. The van der Waals surface area contributed by atoms with Crippen molar-refractivity contribution in [1.82, 2.24) is 14.5 Å². The number of aliphatic carboxylic acids is 1. The van der Waals surface area contributed by atoms with Crippen molar-refractivity contribution in [3.63, 3.8) is 0 Å². The molecule has 1 aliphatic rings. The predicted octanol–water partition coefficient (Wildman–Crippen LogP) is 8.23. The van der Waals surface area contributed by atoms with E-state index in [4.69, 9.17) is 9.47 Å². The molecule has 44 heavy (non-hydrogen) atoms. The zero-order valence-corrected chi connectivity index (χ0v) is 27.1. The highest BCUT2D eigenvalue weighted by Crippen LogP contribution is 2.44. The predicted molar refractivity (Wildman–Crippen MR) is 177 cm³/mol. The lowest BCUT2D eigenvalue weighted by Crippen LogP contribution is -2.28. The molecule has 230 valence electrons. The van der Waals surface area contributed by atoms with Crippen molar-refractivity contribution >= 4 is 28.6 Å². The molecular weight excluding hydrogens is 570 g/mol. The molecule has 0 saturated heterocycles. The molecule has 0 spiro atoms. The van der Waals surface area contributed by atoms with Gasteiger partial charge in [0, 0.05) is 63.6 Å². The standard InChI is InChI=1S/C36H41N3O4S/c1-35(2,3)44-33-29-19-28(43-23-27-9-7-8-18-37-27)15-16-30(29)39(31(33)20-36(4,5)34(40)41)22-24-10-12-25(13-11-24)26-14-17-32(42-6)38-21-26/h7-12,14-19,21,25H,13,20,22-23H2,1-6H3,(H,40,41). The molecule has 0 radical (unpaired) electrons. The average Bonchev–Trinajstić information content (AvgIpc) is 3.26. The van der Waals surface area contributed by atoms with Crippen LogP contribution in [0.25, 0.3) is 10.9 Å². The molecule has 1 N–H and O–H groups in total. The molecule has 0 aliphatic heterocycles. The summed E-state index contributed by atoms with van der Waals surface area (Å²) >= 11 is 1.78. The Bertz CT molecular complexity index is 1680. The third-order valence-corrected chi connectivity index (χ3v) is 8.99. The first-order valence-corrected chi connectivity index (χ1v) is 15.7. The molecule has 1 aromatic carbocycles. The Labute approximate surface area is 264 Å². The molecule has 8 heteroatoms. The molecule has 1 atom stereocenters. The molecule has 7 nitrogen and oxygen atoms in total. The Morgan fingerprint density at radius 3 is 2.52 bits per heavy atom. The number of aromatic nitrogens is 3. The smallest absolute Gasteiger partial charge is 0.309 e. The topological polar surface area (TPSA) is 86.5 Å². The molecule has 3 heterocycles. The number of fused-ring (bicyclic) bond motifs is 1. The van der Waals surface area contributed by atoms with Gasteiger partial charge in [0.15, 0.2) is 0 Å². The number of hydrogen-bond donors (Lipinski definition) is 1. The minimum atomic E-state index is -0.944. The number of carbonyl (C=O) groups is 1. The number of carboxylic acids is 1. The number of nitrogens with zero attached hydrogens (tertiary/aromatic N) is 3. The van der Waals surface area contributed by atoms with E-state index in [9.17, 15) is 9.90 Å². The van der Waals surface area contributed by atoms with E-state index < -0.39 is 11.4 Å². The number of rotatable bonds is 11. The number of pyridine rings is 2. The normalized spacial score (nSPS) is 15.3. The van der Waals surface area contributed by atoms with E-state index in [0.29, 0.717) is 25.5 Å². The van der Waals surface area contributed by atoms with Crippen molar-refractivity contribution in [1.29, 1.82) is 0 Å². The second-order valence-electron chi connectivity index (χ2n) is 12.8. The fourth-order valence-electron chi connectivity index (χ4n) is 5.30. The van der Waals surface area contributed by atoms with Gasteiger partial charge in [-0.25, -0.2) is 4.98 Å². The van der Waals surface area contributed by atoms with E-state index in [1.165, 1.54) is 5.57 Å². The Morgan fingerprint density at radius 1 is 1.09 bits per heavy atom. The van der Waals surface area contributed by atoms with E-state index in [1.54, 1.807) is 38.9 Å². The van der Waals surface area contributed by atoms with Gasteiger partial charge < -0.3 is 19.1 Å². The maximum absolute atomic E-state index is 12.3. The van der Waals surface area contributed by atoms with Crippen LogP contribution in [0, 0.1) is 5.41 Å². The highest BCUT2D eigenvalue weighted by molar-refractivity contribution is 8.00. The van der Waals surface area contributed by atoms with Gasteiger partial charge in [-0.05, 0) is 61.7 Å². The monoisotopic (exact) mass is 611 g/mol. The molecule has 1 aliphatic carbocycles. The van der Waals surface area contributed by atoms with E-state index in [1.807, 2.05) is 36.5 Å². The molecule has 5 rings (SSSR count). The summed E-state index contributed by atoms with van der Waals surface area (Å²) in [5.41, 5.74) is 4.35. The van der Waals surface area contributed by atoms with E-state index in [2.05, 4.69) is 71.7 Å². The Balaban J connectivity index is 1.52. The van der Waals surface area contributed by atoms with Gasteiger partial charge >= 0.3 is 5.97 Å². The molecule has 0 bridgehead atoms. The van der Waals surface area contributed by atoms with Gasteiger partial charge in [0.05, 0.1) is 18.2 Å². The number of thioether (sulfide) groups is 1. The van der Waals surface area contributed by atoms with Gasteiger partial charge in [0.1, 0.15) is 12.4 Å².